The zero-order valence-corrected chi connectivity index (χ0v) is 14.8. The van der Waals surface area contributed by atoms with Gasteiger partial charge in [-0.3, -0.25) is 0 Å². The molecule has 4 nitrogen and oxygen atoms in total. The van der Waals surface area contributed by atoms with Crippen molar-refractivity contribution in [2.75, 3.05) is 25.5 Å². The molecule has 1 saturated heterocycles. The van der Waals surface area contributed by atoms with Crippen molar-refractivity contribution in [3.8, 4) is 0 Å². The summed E-state index contributed by atoms with van der Waals surface area (Å²) in [5.41, 5.74) is -0.914. The number of hydrogen-bond acceptors (Lipinski definition) is 2. The predicted octanol–water partition coefficient (Wildman–Crippen LogP) is 4.60. The summed E-state index contributed by atoms with van der Waals surface area (Å²) in [5.74, 6) is 0. The topological polar surface area (TPSA) is 44.4 Å². The van der Waals surface area contributed by atoms with Gasteiger partial charge >= 0.3 is 12.2 Å². The van der Waals surface area contributed by atoms with E-state index < -0.39 is 22.8 Å². The Balaban J connectivity index is 0.00000139. The van der Waals surface area contributed by atoms with E-state index in [1.165, 1.54) is 6.07 Å². The van der Waals surface area contributed by atoms with Crippen LogP contribution >= 0.6 is 11.6 Å². The lowest BCUT2D eigenvalue weighted by Crippen LogP contribution is -2.47. The number of piperidine rings is 1. The molecule has 1 aromatic carbocycles. The number of nitrogens with one attached hydrogen (secondary N) is 2. The Labute approximate surface area is 145 Å². The maximum absolute atomic E-state index is 12.8. The third-order valence-corrected chi connectivity index (χ3v) is 3.82. The third-order valence-electron chi connectivity index (χ3n) is 3.49. The number of nitrogens with zero attached hydrogens (tertiary/aromatic N) is 1. The lowest BCUT2D eigenvalue weighted by Gasteiger charge is -2.30. The van der Waals surface area contributed by atoms with E-state index in [2.05, 4.69) is 15.5 Å². The van der Waals surface area contributed by atoms with Gasteiger partial charge in [0.25, 0.3) is 0 Å². The molecule has 1 heterocycles. The minimum atomic E-state index is -4.56. The number of rotatable bonds is 2. The Kier molecular flexibility index (Phi) is 7.83. The fraction of sp³-hybridized carbons (Fsp3) is 0.562. The summed E-state index contributed by atoms with van der Waals surface area (Å²) in [6, 6.07) is 2.76. The molecular weight excluding hydrogens is 343 g/mol. The number of carbonyl (C=O) groups excluding carboxylic acids is 1. The Morgan fingerprint density at radius 2 is 2.00 bits per heavy atom. The van der Waals surface area contributed by atoms with E-state index in [1.807, 2.05) is 20.9 Å². The van der Waals surface area contributed by atoms with E-state index in [0.717, 1.165) is 38.1 Å². The molecule has 1 aliphatic rings. The molecule has 0 unspecified atom stereocenters. The number of benzene rings is 1. The van der Waals surface area contributed by atoms with Crippen molar-refractivity contribution in [2.24, 2.45) is 0 Å². The van der Waals surface area contributed by atoms with Crippen LogP contribution in [0.3, 0.4) is 0 Å². The monoisotopic (exact) mass is 365 g/mol. The fourth-order valence-corrected chi connectivity index (χ4v) is 2.68. The van der Waals surface area contributed by atoms with Gasteiger partial charge in [0.05, 0.1) is 10.6 Å². The molecule has 8 heteroatoms. The van der Waals surface area contributed by atoms with Crippen LogP contribution in [0.15, 0.2) is 18.2 Å². The first-order valence-corrected chi connectivity index (χ1v) is 8.26. The Morgan fingerprint density at radius 3 is 2.58 bits per heavy atom. The maximum Gasteiger partial charge on any atom is 0.417 e. The number of likely N-dealkylation sites (N-methyl/N-ethyl adjacent to an activating group) is 1. The van der Waals surface area contributed by atoms with Crippen LogP contribution in [0.4, 0.5) is 23.7 Å². The number of carbonyl (C=O) groups is 1. The highest BCUT2D eigenvalue weighted by molar-refractivity contribution is 6.31. The van der Waals surface area contributed by atoms with Crippen molar-refractivity contribution < 1.29 is 18.0 Å². The molecule has 136 valence electrons. The first-order chi connectivity index (χ1) is 11.3. The average Bonchev–Trinajstić information content (AvgIpc) is 2.50. The van der Waals surface area contributed by atoms with Crippen molar-refractivity contribution in [3.63, 3.8) is 0 Å². The second kappa shape index (κ2) is 9.13. The molecule has 0 aromatic heterocycles. The molecule has 0 aliphatic carbocycles. The van der Waals surface area contributed by atoms with Gasteiger partial charge in [-0.15, -0.1) is 0 Å². The SMILES string of the molecule is CC.CN1CCC[C@@H](NC(=O)Nc2ccc(Cl)c(C(F)(F)F)c2)C1. The second-order valence-corrected chi connectivity index (χ2v) is 5.80. The van der Waals surface area contributed by atoms with Crippen LogP contribution in [-0.4, -0.2) is 37.1 Å². The normalized spacial score (nSPS) is 18.4. The summed E-state index contributed by atoms with van der Waals surface area (Å²) in [5, 5.41) is 4.79. The largest absolute Gasteiger partial charge is 0.417 e. The average molecular weight is 366 g/mol. The molecule has 2 rings (SSSR count). The summed E-state index contributed by atoms with van der Waals surface area (Å²) in [6.45, 7) is 5.70. The lowest BCUT2D eigenvalue weighted by molar-refractivity contribution is -0.137. The van der Waals surface area contributed by atoms with Crippen molar-refractivity contribution in [2.45, 2.75) is 38.9 Å². The number of hydrogen-bond donors (Lipinski definition) is 2. The van der Waals surface area contributed by atoms with Crippen LogP contribution < -0.4 is 10.6 Å². The number of halogens is 4. The lowest BCUT2D eigenvalue weighted by atomic mass is 10.1. The number of alkyl halides is 3. The molecule has 1 aromatic rings. The van der Waals surface area contributed by atoms with Crippen molar-refractivity contribution in [1.29, 1.82) is 0 Å². The summed E-state index contributed by atoms with van der Waals surface area (Å²) < 4.78 is 38.3. The van der Waals surface area contributed by atoms with Gasteiger partial charge in [-0.1, -0.05) is 25.4 Å². The Bertz CT molecular complexity index is 552. The van der Waals surface area contributed by atoms with E-state index >= 15 is 0 Å². The minimum absolute atomic E-state index is 0.00635. The summed E-state index contributed by atoms with van der Waals surface area (Å²) >= 11 is 5.54. The standard InChI is InChI=1S/C14H17ClF3N3O.C2H6/c1-21-6-2-3-10(8-21)20-13(22)19-9-4-5-12(15)11(7-9)14(16,17)18;1-2/h4-5,7,10H,2-3,6,8H2,1H3,(H2,19,20,22);1-2H3/t10-;/m1./s1. The molecule has 0 saturated carbocycles. The first kappa shape index (κ1) is 20.6. The molecule has 0 bridgehead atoms. The number of anilines is 1. The number of urea groups is 1. The van der Waals surface area contributed by atoms with E-state index in [-0.39, 0.29) is 11.7 Å². The predicted molar refractivity (Wildman–Crippen MR) is 90.5 cm³/mol. The molecule has 2 N–H and O–H groups in total. The van der Waals surface area contributed by atoms with Crippen LogP contribution in [0.25, 0.3) is 0 Å². The van der Waals surface area contributed by atoms with Gasteiger partial charge in [0.1, 0.15) is 0 Å². The quantitative estimate of drug-likeness (QED) is 0.804. The molecule has 24 heavy (non-hydrogen) atoms. The Hall–Kier alpha value is -1.47. The maximum atomic E-state index is 12.8. The number of amides is 2. The van der Waals surface area contributed by atoms with Crippen LogP contribution in [0.2, 0.25) is 5.02 Å². The van der Waals surface area contributed by atoms with Crippen LogP contribution in [0.1, 0.15) is 32.3 Å². The van der Waals surface area contributed by atoms with E-state index in [0.29, 0.717) is 0 Å². The van der Waals surface area contributed by atoms with E-state index in [9.17, 15) is 18.0 Å². The van der Waals surface area contributed by atoms with E-state index in [4.69, 9.17) is 11.6 Å². The molecule has 1 aliphatic heterocycles. The van der Waals surface area contributed by atoms with E-state index in [1.54, 1.807) is 0 Å². The fourth-order valence-electron chi connectivity index (χ4n) is 2.46. The number of likely N-dealkylation sites (tertiary alicyclic amines) is 1. The smallest absolute Gasteiger partial charge is 0.334 e. The molecule has 0 spiro atoms. The third kappa shape index (κ3) is 6.20. The molecule has 1 fully saturated rings. The van der Waals surface area contributed by atoms with Gasteiger partial charge in [0.15, 0.2) is 0 Å². The zero-order valence-electron chi connectivity index (χ0n) is 14.0. The van der Waals surface area contributed by atoms with Crippen LogP contribution in [0, 0.1) is 0 Å². The summed E-state index contributed by atoms with van der Waals surface area (Å²) in [6.07, 6.45) is -2.73. The van der Waals surface area contributed by atoms with Gasteiger partial charge in [0, 0.05) is 18.3 Å². The molecule has 1 atom stereocenters. The highest BCUT2D eigenvalue weighted by Gasteiger charge is 2.33. The highest BCUT2D eigenvalue weighted by atomic mass is 35.5. The molecular formula is C16H23ClF3N3O. The van der Waals surface area contributed by atoms with Gasteiger partial charge in [-0.25, -0.2) is 4.79 Å². The van der Waals surface area contributed by atoms with Crippen molar-refractivity contribution >= 4 is 23.3 Å². The van der Waals surface area contributed by atoms with Crippen molar-refractivity contribution in [1.82, 2.24) is 10.2 Å². The van der Waals surface area contributed by atoms with Crippen LogP contribution in [-0.2, 0) is 6.18 Å². The van der Waals surface area contributed by atoms with Crippen molar-refractivity contribution in [3.05, 3.63) is 28.8 Å². The zero-order chi connectivity index (χ0) is 18.3. The highest BCUT2D eigenvalue weighted by Crippen LogP contribution is 2.36. The summed E-state index contributed by atoms with van der Waals surface area (Å²) in [4.78, 5) is 14.0. The minimum Gasteiger partial charge on any atom is -0.334 e. The first-order valence-electron chi connectivity index (χ1n) is 7.88. The molecule has 0 radical (unpaired) electrons. The van der Waals surface area contributed by atoms with Gasteiger partial charge in [-0.05, 0) is 44.6 Å². The van der Waals surface area contributed by atoms with Gasteiger partial charge in [0.2, 0.25) is 0 Å². The van der Waals surface area contributed by atoms with Gasteiger partial charge < -0.3 is 15.5 Å². The molecule has 2 amide bonds. The Morgan fingerprint density at radius 1 is 1.33 bits per heavy atom. The van der Waals surface area contributed by atoms with Crippen LogP contribution in [0.5, 0.6) is 0 Å². The van der Waals surface area contributed by atoms with Gasteiger partial charge in [-0.2, -0.15) is 13.2 Å². The second-order valence-electron chi connectivity index (χ2n) is 5.39. The summed E-state index contributed by atoms with van der Waals surface area (Å²) in [7, 11) is 1.96.